The zero-order valence-electron chi connectivity index (χ0n) is 13.5. The molecule has 2 aromatic carbocycles. The molecule has 2 rings (SSSR count). The Morgan fingerprint density at radius 1 is 0.960 bits per heavy atom. The van der Waals surface area contributed by atoms with Crippen LogP contribution in [0.1, 0.15) is 28.8 Å². The van der Waals surface area contributed by atoms with E-state index in [2.05, 4.69) is 5.32 Å². The van der Waals surface area contributed by atoms with Gasteiger partial charge in [0.25, 0.3) is 5.91 Å². The van der Waals surface area contributed by atoms with Gasteiger partial charge in [-0.15, -0.1) is 0 Å². The summed E-state index contributed by atoms with van der Waals surface area (Å²) in [6, 6.07) is 14.3. The molecule has 0 saturated heterocycles. The maximum absolute atomic E-state index is 12.5. The van der Waals surface area contributed by atoms with Gasteiger partial charge in [-0.2, -0.15) is 0 Å². The molecule has 0 aliphatic rings. The summed E-state index contributed by atoms with van der Waals surface area (Å²) in [5.41, 5.74) is 2.93. The highest BCUT2D eigenvalue weighted by Crippen LogP contribution is 2.18. The molecule has 7 heteroatoms. The summed E-state index contributed by atoms with van der Waals surface area (Å²) in [7, 11) is 0. The Morgan fingerprint density at radius 3 is 2.24 bits per heavy atom. The number of hydrogen-bond acceptors (Lipinski definition) is 5. The number of ketones is 2. The van der Waals surface area contributed by atoms with E-state index in [-0.39, 0.29) is 11.5 Å². The normalized spacial score (nSPS) is 11.3. The Morgan fingerprint density at radius 2 is 1.64 bits per heavy atom. The highest BCUT2D eigenvalue weighted by atomic mass is 16.2. The molecule has 128 valence electrons. The van der Waals surface area contributed by atoms with Crippen LogP contribution in [0.3, 0.4) is 0 Å². The van der Waals surface area contributed by atoms with E-state index in [1.165, 1.54) is 19.1 Å². The van der Waals surface area contributed by atoms with E-state index in [0.29, 0.717) is 11.1 Å². The third kappa shape index (κ3) is 4.36. The lowest BCUT2D eigenvalue weighted by Crippen LogP contribution is -2.41. The van der Waals surface area contributed by atoms with E-state index >= 15 is 0 Å². The van der Waals surface area contributed by atoms with E-state index in [4.69, 9.17) is 5.84 Å². The SMILES string of the molecule is CC(=O)c1cccc(NC(=O)C(=O)[C@H](C(=O)NN)c2ccccc2)c1. The second kappa shape index (κ2) is 7.98. The lowest BCUT2D eigenvalue weighted by Gasteiger charge is -2.14. The molecule has 0 bridgehead atoms. The predicted octanol–water partition coefficient (Wildman–Crippen LogP) is 1.17. The molecule has 2 amide bonds. The van der Waals surface area contributed by atoms with Crippen molar-refractivity contribution in [3.63, 3.8) is 0 Å². The summed E-state index contributed by atoms with van der Waals surface area (Å²) in [6.45, 7) is 1.39. The van der Waals surface area contributed by atoms with Gasteiger partial charge in [0.1, 0.15) is 5.92 Å². The molecule has 0 aliphatic carbocycles. The molecule has 0 heterocycles. The number of rotatable bonds is 6. The molecule has 0 fully saturated rings. The number of hydrogen-bond donors (Lipinski definition) is 3. The van der Waals surface area contributed by atoms with Crippen LogP contribution < -0.4 is 16.6 Å². The lowest BCUT2D eigenvalue weighted by molar-refractivity contribution is -0.139. The minimum Gasteiger partial charge on any atom is -0.319 e. The lowest BCUT2D eigenvalue weighted by atomic mass is 9.93. The van der Waals surface area contributed by atoms with Crippen LogP contribution in [0.25, 0.3) is 0 Å². The summed E-state index contributed by atoms with van der Waals surface area (Å²) in [5.74, 6) is 0.882. The second-order valence-electron chi connectivity index (χ2n) is 5.31. The molecule has 1 atom stereocenters. The number of benzene rings is 2. The first-order valence-electron chi connectivity index (χ1n) is 7.45. The molecule has 0 aliphatic heterocycles. The Bertz CT molecular complexity index is 818. The summed E-state index contributed by atoms with van der Waals surface area (Å²) in [5, 5.41) is 2.40. The number of carbonyl (C=O) groups is 4. The predicted molar refractivity (Wildman–Crippen MR) is 91.6 cm³/mol. The molecular weight excluding hydrogens is 322 g/mol. The van der Waals surface area contributed by atoms with E-state index in [1.54, 1.807) is 42.5 Å². The van der Waals surface area contributed by atoms with Crippen molar-refractivity contribution >= 4 is 29.1 Å². The Hall–Kier alpha value is -3.32. The summed E-state index contributed by atoms with van der Waals surface area (Å²) in [4.78, 5) is 48.1. The van der Waals surface area contributed by atoms with Crippen molar-refractivity contribution in [1.82, 2.24) is 5.43 Å². The molecular formula is C18H17N3O4. The molecule has 2 aromatic rings. The van der Waals surface area contributed by atoms with Crippen LogP contribution in [0.15, 0.2) is 54.6 Å². The Labute approximate surface area is 144 Å². The minimum atomic E-state index is -1.36. The smallest absolute Gasteiger partial charge is 0.292 e. The third-order valence-electron chi connectivity index (χ3n) is 3.55. The Balaban J connectivity index is 2.24. The molecule has 0 spiro atoms. The second-order valence-corrected chi connectivity index (χ2v) is 5.31. The van der Waals surface area contributed by atoms with Crippen LogP contribution in [-0.4, -0.2) is 23.4 Å². The zero-order valence-corrected chi connectivity index (χ0v) is 13.5. The van der Waals surface area contributed by atoms with Crippen LogP contribution in [0.2, 0.25) is 0 Å². The van der Waals surface area contributed by atoms with Gasteiger partial charge < -0.3 is 5.32 Å². The van der Waals surface area contributed by atoms with E-state index < -0.39 is 23.5 Å². The van der Waals surface area contributed by atoms with Gasteiger partial charge in [0.05, 0.1) is 0 Å². The summed E-state index contributed by atoms with van der Waals surface area (Å²) < 4.78 is 0. The van der Waals surface area contributed by atoms with E-state index in [9.17, 15) is 19.2 Å². The fourth-order valence-corrected chi connectivity index (χ4v) is 2.29. The van der Waals surface area contributed by atoms with Crippen LogP contribution in [0, 0.1) is 0 Å². The molecule has 0 saturated carbocycles. The van der Waals surface area contributed by atoms with Crippen molar-refractivity contribution in [2.75, 3.05) is 5.32 Å². The van der Waals surface area contributed by atoms with Crippen molar-refractivity contribution in [1.29, 1.82) is 0 Å². The van der Waals surface area contributed by atoms with Crippen LogP contribution in [0.5, 0.6) is 0 Å². The number of Topliss-reactive ketones (excluding diaryl/α,β-unsaturated/α-hetero) is 2. The molecule has 0 radical (unpaired) electrons. The molecule has 25 heavy (non-hydrogen) atoms. The van der Waals surface area contributed by atoms with Crippen molar-refractivity contribution in [2.45, 2.75) is 12.8 Å². The van der Waals surface area contributed by atoms with Gasteiger partial charge in [0.2, 0.25) is 11.7 Å². The highest BCUT2D eigenvalue weighted by Gasteiger charge is 2.32. The first-order chi connectivity index (χ1) is 11.9. The van der Waals surface area contributed by atoms with Crippen molar-refractivity contribution in [2.24, 2.45) is 5.84 Å². The molecule has 0 unspecified atom stereocenters. The van der Waals surface area contributed by atoms with Crippen LogP contribution >= 0.6 is 0 Å². The van der Waals surface area contributed by atoms with Gasteiger partial charge in [-0.3, -0.25) is 24.6 Å². The van der Waals surface area contributed by atoms with Gasteiger partial charge in [-0.05, 0) is 24.6 Å². The number of nitrogens with one attached hydrogen (secondary N) is 2. The first-order valence-corrected chi connectivity index (χ1v) is 7.45. The van der Waals surface area contributed by atoms with Gasteiger partial charge >= 0.3 is 0 Å². The highest BCUT2D eigenvalue weighted by molar-refractivity contribution is 6.45. The van der Waals surface area contributed by atoms with Gasteiger partial charge in [-0.25, -0.2) is 5.84 Å². The molecule has 4 N–H and O–H groups in total. The fourth-order valence-electron chi connectivity index (χ4n) is 2.29. The summed E-state index contributed by atoms with van der Waals surface area (Å²) in [6.07, 6.45) is 0. The number of anilines is 1. The number of nitrogens with two attached hydrogens (primary N) is 1. The van der Waals surface area contributed by atoms with Crippen molar-refractivity contribution in [3.05, 3.63) is 65.7 Å². The first kappa shape index (κ1) is 18.0. The minimum absolute atomic E-state index is 0.174. The van der Waals surface area contributed by atoms with Crippen molar-refractivity contribution in [3.8, 4) is 0 Å². The maximum Gasteiger partial charge on any atom is 0.292 e. The average molecular weight is 339 g/mol. The molecule has 0 aromatic heterocycles. The molecule has 7 nitrogen and oxygen atoms in total. The quantitative estimate of drug-likeness (QED) is 0.182. The fraction of sp³-hybridized carbons (Fsp3) is 0.111. The number of amides is 2. The zero-order chi connectivity index (χ0) is 18.4. The standard InChI is InChI=1S/C18H17N3O4/c1-11(22)13-8-5-9-14(10-13)20-18(25)16(23)15(17(24)21-19)12-6-3-2-4-7-12/h2-10,15H,19H2,1H3,(H,20,25)(H,21,24)/t15-/m1/s1. The van der Waals surface area contributed by atoms with Crippen LogP contribution in [0.4, 0.5) is 5.69 Å². The largest absolute Gasteiger partial charge is 0.319 e. The maximum atomic E-state index is 12.5. The Kier molecular flexibility index (Phi) is 5.75. The van der Waals surface area contributed by atoms with Gasteiger partial charge in [-0.1, -0.05) is 42.5 Å². The van der Waals surface area contributed by atoms with Crippen LogP contribution in [-0.2, 0) is 14.4 Å². The van der Waals surface area contributed by atoms with E-state index in [0.717, 1.165) is 0 Å². The van der Waals surface area contributed by atoms with Crippen molar-refractivity contribution < 1.29 is 19.2 Å². The average Bonchev–Trinajstić information content (AvgIpc) is 2.62. The number of carbonyl (C=O) groups excluding carboxylic acids is 4. The van der Waals surface area contributed by atoms with Gasteiger partial charge in [0, 0.05) is 11.3 Å². The van der Waals surface area contributed by atoms with Gasteiger partial charge in [0.15, 0.2) is 5.78 Å². The topological polar surface area (TPSA) is 118 Å². The van der Waals surface area contributed by atoms with E-state index in [1.807, 2.05) is 5.43 Å². The monoisotopic (exact) mass is 339 g/mol. The summed E-state index contributed by atoms with van der Waals surface area (Å²) >= 11 is 0. The third-order valence-corrected chi connectivity index (χ3v) is 3.55. The number of hydrazine groups is 1.